The summed E-state index contributed by atoms with van der Waals surface area (Å²) >= 11 is 1.49. The topological polar surface area (TPSA) is 109 Å². The second-order valence-electron chi connectivity index (χ2n) is 7.73. The van der Waals surface area contributed by atoms with Crippen molar-refractivity contribution in [2.45, 2.75) is 5.92 Å². The molecule has 8 nitrogen and oxygen atoms in total. The van der Waals surface area contributed by atoms with Gasteiger partial charge in [0.2, 0.25) is 5.76 Å². The van der Waals surface area contributed by atoms with Gasteiger partial charge in [0.25, 0.3) is 5.91 Å². The molecule has 1 heterocycles. The van der Waals surface area contributed by atoms with Crippen LogP contribution in [0.5, 0.6) is 0 Å². The Morgan fingerprint density at radius 1 is 1.06 bits per heavy atom. The minimum Gasteiger partial charge on any atom is -0.480 e. The Balaban J connectivity index is 1.44. The third-order valence-electron chi connectivity index (χ3n) is 5.62. The van der Waals surface area contributed by atoms with Crippen LogP contribution in [0.2, 0.25) is 0 Å². The summed E-state index contributed by atoms with van der Waals surface area (Å²) in [5.74, 6) is -1.42. The molecule has 3 aromatic rings. The number of nitrogens with one attached hydrogen (secondary N) is 1. The van der Waals surface area contributed by atoms with Gasteiger partial charge in [-0.15, -0.1) is 0 Å². The van der Waals surface area contributed by atoms with E-state index in [0.29, 0.717) is 5.75 Å². The number of thioether (sulfide) groups is 1. The first kappa shape index (κ1) is 23.4. The summed E-state index contributed by atoms with van der Waals surface area (Å²) in [6, 6.07) is 17.5. The lowest BCUT2D eigenvalue weighted by Gasteiger charge is -2.19. The summed E-state index contributed by atoms with van der Waals surface area (Å²) in [5, 5.41) is 11.7. The molecule has 0 unspecified atom stereocenters. The fourth-order valence-corrected chi connectivity index (χ4v) is 4.48. The standard InChI is InChI=1S/C25H24N2O6S/c1-34-13-11-27(14-22(28)29)24(30)23-21(10-12-32-23)26-25(31)33-15-20-18-8-4-2-6-16(18)17-7-3-5-9-19(17)20/h2-10,12,20H,11,13-15H2,1H3,(H,26,31)(H,28,29). The third-order valence-corrected chi connectivity index (χ3v) is 6.21. The van der Waals surface area contributed by atoms with Gasteiger partial charge in [-0.2, -0.15) is 11.8 Å². The van der Waals surface area contributed by atoms with Crippen molar-refractivity contribution >= 4 is 35.4 Å². The van der Waals surface area contributed by atoms with Crippen LogP contribution >= 0.6 is 11.8 Å². The van der Waals surface area contributed by atoms with Crippen molar-refractivity contribution in [3.63, 3.8) is 0 Å². The SMILES string of the molecule is CSCCN(CC(=O)O)C(=O)c1occc1NC(=O)OCC1c2ccccc2-c2ccccc21. The molecule has 2 aromatic carbocycles. The Labute approximate surface area is 200 Å². The maximum absolute atomic E-state index is 12.9. The van der Waals surface area contributed by atoms with Crippen molar-refractivity contribution in [3.05, 3.63) is 77.7 Å². The van der Waals surface area contributed by atoms with Gasteiger partial charge in [0.05, 0.1) is 12.0 Å². The van der Waals surface area contributed by atoms with Gasteiger partial charge in [-0.05, 0) is 28.5 Å². The number of nitrogens with zero attached hydrogens (tertiary/aromatic N) is 1. The molecule has 176 valence electrons. The van der Waals surface area contributed by atoms with Crippen LogP contribution in [0.25, 0.3) is 11.1 Å². The zero-order valence-electron chi connectivity index (χ0n) is 18.5. The van der Waals surface area contributed by atoms with Gasteiger partial charge >= 0.3 is 12.1 Å². The summed E-state index contributed by atoms with van der Waals surface area (Å²) in [6.45, 7) is -0.109. The first-order valence-corrected chi connectivity index (χ1v) is 12.1. The third kappa shape index (κ3) is 4.94. The second kappa shape index (κ2) is 10.5. The molecule has 0 atom stereocenters. The zero-order valence-corrected chi connectivity index (χ0v) is 19.3. The molecular formula is C25H24N2O6S. The van der Waals surface area contributed by atoms with Crippen LogP contribution in [0.3, 0.4) is 0 Å². The fourth-order valence-electron chi connectivity index (χ4n) is 4.08. The first-order valence-electron chi connectivity index (χ1n) is 10.7. The van der Waals surface area contributed by atoms with Gasteiger partial charge in [-0.1, -0.05) is 48.5 Å². The van der Waals surface area contributed by atoms with Gasteiger partial charge in [0.1, 0.15) is 13.2 Å². The monoisotopic (exact) mass is 480 g/mol. The van der Waals surface area contributed by atoms with Gasteiger partial charge in [0, 0.05) is 24.3 Å². The van der Waals surface area contributed by atoms with E-state index >= 15 is 0 Å². The normalized spacial score (nSPS) is 12.0. The summed E-state index contributed by atoms with van der Waals surface area (Å²) in [6.07, 6.45) is 2.39. The Kier molecular flexibility index (Phi) is 7.22. The number of anilines is 1. The van der Waals surface area contributed by atoms with E-state index in [-0.39, 0.29) is 30.5 Å². The lowest BCUT2D eigenvalue weighted by molar-refractivity contribution is -0.137. The molecule has 1 aromatic heterocycles. The van der Waals surface area contributed by atoms with Crippen LogP contribution in [0.4, 0.5) is 10.5 Å². The average molecular weight is 481 g/mol. The average Bonchev–Trinajstić information content (AvgIpc) is 3.42. The van der Waals surface area contributed by atoms with Crippen LogP contribution in [0, 0.1) is 0 Å². The first-order chi connectivity index (χ1) is 16.5. The highest BCUT2D eigenvalue weighted by molar-refractivity contribution is 7.98. The van der Waals surface area contributed by atoms with E-state index in [1.165, 1.54) is 29.0 Å². The van der Waals surface area contributed by atoms with E-state index in [1.54, 1.807) is 0 Å². The van der Waals surface area contributed by atoms with Gasteiger partial charge < -0.3 is 19.2 Å². The number of benzene rings is 2. The molecule has 2 N–H and O–H groups in total. The number of amides is 2. The Morgan fingerprint density at radius 2 is 1.71 bits per heavy atom. The fraction of sp³-hybridized carbons (Fsp3) is 0.240. The molecule has 0 saturated heterocycles. The molecule has 0 saturated carbocycles. The molecule has 34 heavy (non-hydrogen) atoms. The van der Waals surface area contributed by atoms with E-state index in [2.05, 4.69) is 17.4 Å². The molecule has 1 aliphatic carbocycles. The number of hydrogen-bond acceptors (Lipinski definition) is 6. The van der Waals surface area contributed by atoms with Crippen molar-refractivity contribution in [1.29, 1.82) is 0 Å². The predicted molar refractivity (Wildman–Crippen MR) is 129 cm³/mol. The Hall–Kier alpha value is -3.72. The maximum atomic E-state index is 12.9. The number of furan rings is 1. The highest BCUT2D eigenvalue weighted by Crippen LogP contribution is 2.44. The molecule has 0 aliphatic heterocycles. The van der Waals surface area contributed by atoms with Crippen LogP contribution < -0.4 is 5.32 Å². The molecule has 0 bridgehead atoms. The van der Waals surface area contributed by atoms with E-state index in [4.69, 9.17) is 14.3 Å². The molecule has 0 fully saturated rings. The molecule has 1 aliphatic rings. The lowest BCUT2D eigenvalue weighted by Crippen LogP contribution is -2.37. The number of hydrogen-bond donors (Lipinski definition) is 2. The van der Waals surface area contributed by atoms with Crippen LogP contribution in [0.15, 0.2) is 65.3 Å². The molecular weight excluding hydrogens is 456 g/mol. The van der Waals surface area contributed by atoms with Crippen molar-refractivity contribution in [2.24, 2.45) is 0 Å². The minimum absolute atomic E-state index is 0.0961. The number of rotatable bonds is 9. The largest absolute Gasteiger partial charge is 0.480 e. The summed E-state index contributed by atoms with van der Waals surface area (Å²) in [4.78, 5) is 37.8. The highest BCUT2D eigenvalue weighted by atomic mass is 32.2. The number of carbonyl (C=O) groups excluding carboxylic acids is 2. The predicted octanol–water partition coefficient (Wildman–Crippen LogP) is 4.53. The molecule has 0 spiro atoms. The van der Waals surface area contributed by atoms with E-state index < -0.39 is 24.5 Å². The summed E-state index contributed by atoms with van der Waals surface area (Å²) in [5.41, 5.74) is 4.56. The smallest absolute Gasteiger partial charge is 0.411 e. The summed E-state index contributed by atoms with van der Waals surface area (Å²) in [7, 11) is 0. The molecule has 4 rings (SSSR count). The van der Waals surface area contributed by atoms with Crippen LogP contribution in [-0.4, -0.2) is 59.7 Å². The van der Waals surface area contributed by atoms with E-state index in [1.807, 2.05) is 42.7 Å². The van der Waals surface area contributed by atoms with Gasteiger partial charge in [0.15, 0.2) is 0 Å². The number of fused-ring (bicyclic) bond motifs is 3. The van der Waals surface area contributed by atoms with E-state index in [9.17, 15) is 14.4 Å². The van der Waals surface area contributed by atoms with Crippen LogP contribution in [-0.2, 0) is 9.53 Å². The van der Waals surface area contributed by atoms with Crippen molar-refractivity contribution in [1.82, 2.24) is 4.90 Å². The highest BCUT2D eigenvalue weighted by Gasteiger charge is 2.30. The summed E-state index contributed by atoms with van der Waals surface area (Å²) < 4.78 is 10.8. The zero-order chi connectivity index (χ0) is 24.1. The van der Waals surface area contributed by atoms with Crippen molar-refractivity contribution in [2.75, 3.05) is 37.0 Å². The molecule has 0 radical (unpaired) electrons. The van der Waals surface area contributed by atoms with Crippen molar-refractivity contribution < 1.29 is 28.6 Å². The van der Waals surface area contributed by atoms with Crippen LogP contribution in [0.1, 0.15) is 27.6 Å². The number of ether oxygens (including phenoxy) is 1. The molecule has 9 heteroatoms. The Morgan fingerprint density at radius 3 is 2.32 bits per heavy atom. The number of carbonyl (C=O) groups is 3. The van der Waals surface area contributed by atoms with Gasteiger partial charge in [-0.3, -0.25) is 14.9 Å². The second-order valence-corrected chi connectivity index (χ2v) is 8.71. The molecule has 2 amide bonds. The number of carboxylic acids is 1. The minimum atomic E-state index is -1.13. The van der Waals surface area contributed by atoms with Gasteiger partial charge in [-0.25, -0.2) is 4.79 Å². The lowest BCUT2D eigenvalue weighted by atomic mass is 9.98. The maximum Gasteiger partial charge on any atom is 0.411 e. The number of aliphatic carboxylic acids is 1. The Bertz CT molecular complexity index is 1160. The quantitative estimate of drug-likeness (QED) is 0.463. The van der Waals surface area contributed by atoms with Crippen molar-refractivity contribution in [3.8, 4) is 11.1 Å². The van der Waals surface area contributed by atoms with E-state index in [0.717, 1.165) is 22.3 Å². The number of carboxylic acid groups (broad SMARTS) is 1.